The van der Waals surface area contributed by atoms with Gasteiger partial charge in [0.2, 0.25) is 0 Å². The van der Waals surface area contributed by atoms with E-state index in [0.29, 0.717) is 0 Å². The second-order valence-corrected chi connectivity index (χ2v) is 19.2. The first kappa shape index (κ1) is 63.1. The van der Waals surface area contributed by atoms with E-state index in [4.69, 9.17) is 0 Å². The van der Waals surface area contributed by atoms with Crippen LogP contribution in [0.25, 0.3) is 0 Å². The fourth-order valence-electron chi connectivity index (χ4n) is 8.93. The predicted molar refractivity (Wildman–Crippen MR) is 283 cm³/mol. The SMILES string of the molecule is C.C.CCC1CCC(C)CC1.CCN1CCC(C)CC1.CCN1CCCCC1.CCN1CCCCC1.CCN1CCCCC1.CCN1CCN(C)CC1.CCc1ccc(C)cc1. The number of piperidine rings is 4. The lowest BCUT2D eigenvalue weighted by atomic mass is 9.82. The average molecular weight is 874 g/mol. The Morgan fingerprint density at radius 3 is 1.03 bits per heavy atom. The summed E-state index contributed by atoms with van der Waals surface area (Å²) in [6.07, 6.45) is 24.2. The summed E-state index contributed by atoms with van der Waals surface area (Å²) in [5, 5.41) is 0. The fraction of sp³-hybridized carbons (Fsp3) is 0.893. The molecule has 5 heterocycles. The van der Waals surface area contributed by atoms with Crippen molar-refractivity contribution in [3.63, 3.8) is 0 Å². The largest absolute Gasteiger partial charge is 0.304 e. The van der Waals surface area contributed by atoms with Crippen molar-refractivity contribution < 1.29 is 0 Å². The molecule has 0 unspecified atom stereocenters. The number of hydrogen-bond acceptors (Lipinski definition) is 6. The lowest BCUT2D eigenvalue weighted by molar-refractivity contribution is 0.160. The molecule has 370 valence electrons. The van der Waals surface area contributed by atoms with Crippen LogP contribution in [0, 0.1) is 24.7 Å². The molecular weight excluding hydrogens is 757 g/mol. The van der Waals surface area contributed by atoms with E-state index in [1.54, 1.807) is 0 Å². The molecule has 6 heteroatoms. The predicted octanol–water partition coefficient (Wildman–Crippen LogP) is 13.5. The van der Waals surface area contributed by atoms with Gasteiger partial charge in [0.15, 0.2) is 0 Å². The summed E-state index contributed by atoms with van der Waals surface area (Å²) in [6.45, 7) is 44.5. The molecule has 0 aromatic heterocycles. The van der Waals surface area contributed by atoms with E-state index in [1.165, 1.54) is 225 Å². The van der Waals surface area contributed by atoms with Gasteiger partial charge >= 0.3 is 0 Å². The molecule has 1 aromatic carbocycles. The maximum absolute atomic E-state index is 2.53. The fourth-order valence-corrected chi connectivity index (χ4v) is 8.93. The monoisotopic (exact) mass is 873 g/mol. The van der Waals surface area contributed by atoms with Crippen molar-refractivity contribution in [2.75, 3.05) is 118 Å². The van der Waals surface area contributed by atoms with E-state index in [0.717, 1.165) is 24.2 Å². The van der Waals surface area contributed by atoms with Crippen molar-refractivity contribution in [2.24, 2.45) is 17.8 Å². The summed E-state index contributed by atoms with van der Waals surface area (Å²) in [5.41, 5.74) is 2.76. The summed E-state index contributed by atoms with van der Waals surface area (Å²) in [5.74, 6) is 3.07. The van der Waals surface area contributed by atoms with Gasteiger partial charge < -0.3 is 29.4 Å². The first-order chi connectivity index (χ1) is 29.1. The zero-order chi connectivity index (χ0) is 44.2. The van der Waals surface area contributed by atoms with Gasteiger partial charge in [-0.25, -0.2) is 0 Å². The molecule has 7 rings (SSSR count). The molecule has 0 spiro atoms. The molecule has 0 atom stereocenters. The van der Waals surface area contributed by atoms with Crippen molar-refractivity contribution in [1.29, 1.82) is 0 Å². The summed E-state index contributed by atoms with van der Waals surface area (Å²) in [6, 6.07) is 8.66. The van der Waals surface area contributed by atoms with Crippen LogP contribution in [0.4, 0.5) is 0 Å². The van der Waals surface area contributed by atoms with Gasteiger partial charge in [0, 0.05) is 26.2 Å². The maximum atomic E-state index is 2.53. The Kier molecular flexibility index (Phi) is 43.3. The molecule has 1 saturated carbocycles. The van der Waals surface area contributed by atoms with E-state index in [2.05, 4.69) is 130 Å². The lowest BCUT2D eigenvalue weighted by Gasteiger charge is -2.31. The lowest BCUT2D eigenvalue weighted by Crippen LogP contribution is -2.44. The summed E-state index contributed by atoms with van der Waals surface area (Å²) >= 11 is 0. The molecule has 6 fully saturated rings. The molecule has 62 heavy (non-hydrogen) atoms. The van der Waals surface area contributed by atoms with Gasteiger partial charge in [-0.15, -0.1) is 0 Å². The second kappa shape index (κ2) is 42.6. The molecule has 0 N–H and O–H groups in total. The van der Waals surface area contributed by atoms with Gasteiger partial charge in [-0.3, -0.25) is 0 Å². The minimum Gasteiger partial charge on any atom is -0.304 e. The van der Waals surface area contributed by atoms with Gasteiger partial charge in [0.25, 0.3) is 0 Å². The number of rotatable bonds is 7. The van der Waals surface area contributed by atoms with Gasteiger partial charge in [-0.05, 0) is 180 Å². The van der Waals surface area contributed by atoms with E-state index < -0.39 is 0 Å². The molecule has 0 radical (unpaired) electrons. The van der Waals surface area contributed by atoms with Crippen LogP contribution in [-0.2, 0) is 6.42 Å². The van der Waals surface area contributed by atoms with Crippen LogP contribution in [0.3, 0.4) is 0 Å². The van der Waals surface area contributed by atoms with Crippen LogP contribution in [0.2, 0.25) is 0 Å². The molecule has 0 amide bonds. The molecule has 1 aliphatic carbocycles. The quantitative estimate of drug-likeness (QED) is 0.270. The Bertz CT molecular complexity index is 912. The number of aryl methyl sites for hydroxylation is 2. The molecule has 0 bridgehead atoms. The molecule has 5 aliphatic heterocycles. The highest BCUT2D eigenvalue weighted by Crippen LogP contribution is 2.29. The van der Waals surface area contributed by atoms with Gasteiger partial charge in [-0.2, -0.15) is 0 Å². The highest BCUT2D eigenvalue weighted by molar-refractivity contribution is 5.20. The molecule has 1 aromatic rings. The first-order valence-electron chi connectivity index (χ1n) is 26.5. The maximum Gasteiger partial charge on any atom is 0.0110 e. The van der Waals surface area contributed by atoms with Crippen LogP contribution in [0.5, 0.6) is 0 Å². The standard InChI is InChI=1S/C9H18.C9H12.C8H17N.C7H16N2.3C7H15N.2CH4/c4*1-3-9-6-4-8(2)5-7-9;3*1-2-8-6-4-3-5-7-8;;/h8-9H,3-7H2,1-2H3;4-7H,3H2,1-2H3;8H,3-7H2,1-2H3;3-7H2,1-2H3;3*2-7H2,1H3;2*1H4. The third-order valence-electron chi connectivity index (χ3n) is 14.3. The van der Waals surface area contributed by atoms with Crippen molar-refractivity contribution in [1.82, 2.24) is 29.4 Å². The van der Waals surface area contributed by atoms with Gasteiger partial charge in [0.05, 0.1) is 0 Å². The third-order valence-corrected chi connectivity index (χ3v) is 14.3. The van der Waals surface area contributed by atoms with Crippen molar-refractivity contribution in [3.8, 4) is 0 Å². The normalized spacial score (nSPS) is 23.0. The van der Waals surface area contributed by atoms with E-state index in [1.807, 2.05) is 0 Å². The smallest absolute Gasteiger partial charge is 0.0110 e. The number of piperazine rings is 1. The van der Waals surface area contributed by atoms with Crippen molar-refractivity contribution in [2.45, 2.75) is 193 Å². The number of likely N-dealkylation sites (tertiary alicyclic amines) is 4. The Balaban J connectivity index is 0. The van der Waals surface area contributed by atoms with Crippen molar-refractivity contribution in [3.05, 3.63) is 35.4 Å². The van der Waals surface area contributed by atoms with Crippen LogP contribution in [0.1, 0.15) is 191 Å². The van der Waals surface area contributed by atoms with Crippen LogP contribution < -0.4 is 0 Å². The van der Waals surface area contributed by atoms with Crippen LogP contribution in [-0.4, -0.2) is 148 Å². The number of hydrogen-bond donors (Lipinski definition) is 0. The molecule has 6 aliphatic rings. The van der Waals surface area contributed by atoms with Gasteiger partial charge in [-0.1, -0.05) is 158 Å². The number of likely N-dealkylation sites (N-methyl/N-ethyl adjacent to an activating group) is 2. The highest BCUT2D eigenvalue weighted by atomic mass is 15.2. The summed E-state index contributed by atoms with van der Waals surface area (Å²) in [4.78, 5) is 14.9. The van der Waals surface area contributed by atoms with E-state index in [9.17, 15) is 0 Å². The Morgan fingerprint density at radius 2 is 0.726 bits per heavy atom. The minimum absolute atomic E-state index is 0. The Hall–Kier alpha value is -1.02. The second-order valence-electron chi connectivity index (χ2n) is 19.2. The summed E-state index contributed by atoms with van der Waals surface area (Å²) in [7, 11) is 2.19. The zero-order valence-corrected chi connectivity index (χ0v) is 42.8. The number of benzene rings is 1. The molecular formula is C56H116N6. The van der Waals surface area contributed by atoms with Crippen LogP contribution >= 0.6 is 0 Å². The average Bonchev–Trinajstić information content (AvgIpc) is 3.32. The number of nitrogens with zero attached hydrogens (tertiary/aromatic N) is 6. The zero-order valence-electron chi connectivity index (χ0n) is 42.8. The Labute approximate surface area is 392 Å². The molecule has 5 saturated heterocycles. The summed E-state index contributed by atoms with van der Waals surface area (Å²) < 4.78 is 0. The first-order valence-corrected chi connectivity index (χ1v) is 26.5. The minimum atomic E-state index is 0. The third kappa shape index (κ3) is 33.5. The highest BCUT2D eigenvalue weighted by Gasteiger charge is 2.16. The topological polar surface area (TPSA) is 19.4 Å². The Morgan fingerprint density at radius 1 is 0.403 bits per heavy atom. The van der Waals surface area contributed by atoms with Gasteiger partial charge in [0.1, 0.15) is 0 Å². The van der Waals surface area contributed by atoms with E-state index >= 15 is 0 Å². The van der Waals surface area contributed by atoms with Crippen molar-refractivity contribution >= 4 is 0 Å². The van der Waals surface area contributed by atoms with E-state index in [-0.39, 0.29) is 14.9 Å². The van der Waals surface area contributed by atoms with Crippen LogP contribution in [0.15, 0.2) is 24.3 Å². The molecule has 6 nitrogen and oxygen atoms in total.